The Morgan fingerprint density at radius 3 is 2.94 bits per heavy atom. The molecule has 2 aromatic heterocycles. The largest absolute Gasteiger partial charge is 0.488 e. The lowest BCUT2D eigenvalue weighted by molar-refractivity contribution is 0.195. The van der Waals surface area contributed by atoms with Crippen LogP contribution in [0, 0.1) is 5.82 Å². The predicted molar refractivity (Wildman–Crippen MR) is 119 cm³/mol. The van der Waals surface area contributed by atoms with E-state index >= 15 is 0 Å². The number of ether oxygens (including phenoxy) is 1. The molecule has 1 aliphatic heterocycles. The summed E-state index contributed by atoms with van der Waals surface area (Å²) >= 11 is 5.90. The van der Waals surface area contributed by atoms with Gasteiger partial charge >= 0.3 is 0 Å². The second-order valence-corrected chi connectivity index (χ2v) is 7.60. The lowest BCUT2D eigenvalue weighted by Gasteiger charge is -2.37. The van der Waals surface area contributed by atoms with Crippen LogP contribution in [0.25, 0.3) is 28.5 Å². The van der Waals surface area contributed by atoms with Gasteiger partial charge in [0.2, 0.25) is 0 Å². The van der Waals surface area contributed by atoms with Gasteiger partial charge in [-0.1, -0.05) is 30.3 Å². The Labute approximate surface area is 182 Å². The van der Waals surface area contributed by atoms with Crippen molar-refractivity contribution in [1.29, 1.82) is 0 Å². The quantitative estimate of drug-likeness (QED) is 0.473. The molecular formula is C23H18ClFN4O2. The van der Waals surface area contributed by atoms with Gasteiger partial charge in [-0.25, -0.2) is 14.4 Å². The fourth-order valence-electron chi connectivity index (χ4n) is 3.74. The number of H-pyrrole nitrogens is 1. The van der Waals surface area contributed by atoms with Crippen LogP contribution in [-0.4, -0.2) is 39.3 Å². The van der Waals surface area contributed by atoms with E-state index in [-0.39, 0.29) is 24.3 Å². The van der Waals surface area contributed by atoms with Gasteiger partial charge in [-0.05, 0) is 35.9 Å². The zero-order valence-corrected chi connectivity index (χ0v) is 17.1. The summed E-state index contributed by atoms with van der Waals surface area (Å²) in [5.41, 5.74) is 3.47. The van der Waals surface area contributed by atoms with Crippen LogP contribution < -0.4 is 9.64 Å². The number of nitrogens with zero attached hydrogens (tertiary/aromatic N) is 3. The molecule has 1 aliphatic rings. The van der Waals surface area contributed by atoms with E-state index in [0.29, 0.717) is 34.0 Å². The van der Waals surface area contributed by atoms with Crippen LogP contribution in [0.2, 0.25) is 5.02 Å². The third-order valence-corrected chi connectivity index (χ3v) is 5.57. The maximum Gasteiger partial charge on any atom is 0.154 e. The minimum atomic E-state index is -0.512. The van der Waals surface area contributed by atoms with Crippen molar-refractivity contribution in [2.75, 3.05) is 18.1 Å². The lowest BCUT2D eigenvalue weighted by atomic mass is 10.1. The van der Waals surface area contributed by atoms with Gasteiger partial charge in [0, 0.05) is 12.3 Å². The molecule has 31 heavy (non-hydrogen) atoms. The molecule has 5 rings (SSSR count). The maximum absolute atomic E-state index is 13.9. The van der Waals surface area contributed by atoms with Gasteiger partial charge in [0.25, 0.3) is 0 Å². The molecule has 2 N–H and O–H groups in total. The van der Waals surface area contributed by atoms with E-state index in [9.17, 15) is 9.50 Å². The monoisotopic (exact) mass is 436 g/mol. The van der Waals surface area contributed by atoms with Crippen molar-refractivity contribution in [3.63, 3.8) is 0 Å². The number of rotatable bonds is 4. The molecule has 4 aromatic rings. The van der Waals surface area contributed by atoms with Crippen LogP contribution in [0.15, 0.2) is 55.2 Å². The topological polar surface area (TPSA) is 74.3 Å². The normalized spacial score (nSPS) is 15.6. The number of benzene rings is 2. The molecule has 156 valence electrons. The van der Waals surface area contributed by atoms with Crippen molar-refractivity contribution in [2.45, 2.75) is 6.04 Å². The number of aliphatic hydroxyl groups excluding tert-OH is 1. The Kier molecular flexibility index (Phi) is 4.84. The second kappa shape index (κ2) is 7.68. The van der Waals surface area contributed by atoms with E-state index in [2.05, 4.69) is 21.5 Å². The van der Waals surface area contributed by atoms with E-state index < -0.39 is 5.82 Å². The predicted octanol–water partition coefficient (Wildman–Crippen LogP) is 4.95. The Hall–Kier alpha value is -3.42. The summed E-state index contributed by atoms with van der Waals surface area (Å²) in [5.74, 6) is 1.31. The molecule has 1 atom stereocenters. The average Bonchev–Trinajstić information content (AvgIpc) is 3.20. The van der Waals surface area contributed by atoms with Crippen LogP contribution in [0.1, 0.15) is 5.56 Å². The Morgan fingerprint density at radius 2 is 2.19 bits per heavy atom. The van der Waals surface area contributed by atoms with Gasteiger partial charge in [-0.2, -0.15) is 0 Å². The van der Waals surface area contributed by atoms with Crippen LogP contribution >= 0.6 is 11.6 Å². The zero-order chi connectivity index (χ0) is 21.5. The van der Waals surface area contributed by atoms with Crippen LogP contribution in [0.3, 0.4) is 0 Å². The van der Waals surface area contributed by atoms with Gasteiger partial charge in [0.15, 0.2) is 5.75 Å². The number of hydrogen-bond acceptors (Lipinski definition) is 5. The number of fused-ring (bicyclic) bond motifs is 2. The van der Waals surface area contributed by atoms with Crippen LogP contribution in [-0.2, 0) is 0 Å². The number of aromatic nitrogens is 3. The van der Waals surface area contributed by atoms with E-state index in [1.807, 2.05) is 35.2 Å². The van der Waals surface area contributed by atoms with Crippen LogP contribution in [0.5, 0.6) is 5.75 Å². The standard InChI is InChI=1S/C23H18ClFN4O2/c1-2-13-6-7-21(26-10-13)29-14(11-30)12-31-22-15(4-3-5-20(22)29)23-27-18-8-16(24)17(25)9-19(18)28-23/h2-10,14,30H,1,11-12H2,(H,27,28). The molecule has 0 saturated heterocycles. The van der Waals surface area contributed by atoms with Crippen molar-refractivity contribution < 1.29 is 14.2 Å². The SMILES string of the molecule is C=Cc1ccc(N2c3cccc(-c4nc5cc(Cl)c(F)cc5[nH]4)c3OCC2CO)nc1. The summed E-state index contributed by atoms with van der Waals surface area (Å²) in [6.07, 6.45) is 3.45. The number of halogens is 2. The smallest absolute Gasteiger partial charge is 0.154 e. The molecule has 0 fully saturated rings. The lowest BCUT2D eigenvalue weighted by Crippen LogP contribution is -2.43. The summed E-state index contributed by atoms with van der Waals surface area (Å²) in [6, 6.07) is 12.0. The first-order valence-electron chi connectivity index (χ1n) is 9.68. The molecule has 2 aromatic carbocycles. The van der Waals surface area contributed by atoms with Gasteiger partial charge in [-0.15, -0.1) is 0 Å². The molecular weight excluding hydrogens is 419 g/mol. The summed E-state index contributed by atoms with van der Waals surface area (Å²) in [7, 11) is 0. The summed E-state index contributed by atoms with van der Waals surface area (Å²) in [4.78, 5) is 14.2. The van der Waals surface area contributed by atoms with E-state index in [4.69, 9.17) is 16.3 Å². The molecule has 0 aliphatic carbocycles. The number of anilines is 2. The van der Waals surface area contributed by atoms with Gasteiger partial charge < -0.3 is 19.7 Å². The van der Waals surface area contributed by atoms with Gasteiger partial charge in [-0.3, -0.25) is 0 Å². The van der Waals surface area contributed by atoms with Crippen molar-refractivity contribution in [3.05, 3.63) is 71.6 Å². The van der Waals surface area contributed by atoms with E-state index in [0.717, 1.165) is 11.3 Å². The van der Waals surface area contributed by atoms with E-state index in [1.165, 1.54) is 12.1 Å². The molecule has 0 radical (unpaired) electrons. The Balaban J connectivity index is 1.64. The van der Waals surface area contributed by atoms with Crippen LogP contribution in [0.4, 0.5) is 15.9 Å². The minimum Gasteiger partial charge on any atom is -0.488 e. The average molecular weight is 437 g/mol. The number of imidazole rings is 1. The minimum absolute atomic E-state index is 0.0166. The molecule has 0 spiro atoms. The fraction of sp³-hybridized carbons (Fsp3) is 0.130. The Morgan fingerprint density at radius 1 is 1.32 bits per heavy atom. The number of pyridine rings is 1. The number of aromatic amines is 1. The zero-order valence-electron chi connectivity index (χ0n) is 16.3. The first kappa shape index (κ1) is 19.5. The second-order valence-electron chi connectivity index (χ2n) is 7.19. The highest BCUT2D eigenvalue weighted by Crippen LogP contribution is 2.44. The fourth-order valence-corrected chi connectivity index (χ4v) is 3.90. The van der Waals surface area contributed by atoms with Gasteiger partial charge in [0.05, 0.1) is 40.0 Å². The first-order chi connectivity index (χ1) is 15.1. The molecule has 3 heterocycles. The van der Waals surface area contributed by atoms with E-state index in [1.54, 1.807) is 12.3 Å². The molecule has 0 amide bonds. The van der Waals surface area contributed by atoms with Crippen molar-refractivity contribution >= 4 is 40.2 Å². The van der Waals surface area contributed by atoms with Crippen molar-refractivity contribution in [2.24, 2.45) is 0 Å². The highest BCUT2D eigenvalue weighted by atomic mass is 35.5. The molecule has 1 unspecified atom stereocenters. The highest BCUT2D eigenvalue weighted by Gasteiger charge is 2.31. The van der Waals surface area contributed by atoms with Gasteiger partial charge in [0.1, 0.15) is 24.1 Å². The summed E-state index contributed by atoms with van der Waals surface area (Å²) < 4.78 is 19.9. The van der Waals surface area contributed by atoms with Crippen molar-refractivity contribution in [3.8, 4) is 17.1 Å². The Bertz CT molecular complexity index is 1250. The molecule has 6 nitrogen and oxygen atoms in total. The number of aliphatic hydroxyl groups is 1. The first-order valence-corrected chi connectivity index (χ1v) is 10.1. The molecule has 0 bridgehead atoms. The number of hydrogen-bond donors (Lipinski definition) is 2. The number of para-hydroxylation sites is 1. The highest BCUT2D eigenvalue weighted by molar-refractivity contribution is 6.31. The summed E-state index contributed by atoms with van der Waals surface area (Å²) in [6.45, 7) is 3.93. The maximum atomic E-state index is 13.9. The third kappa shape index (κ3) is 3.32. The summed E-state index contributed by atoms with van der Waals surface area (Å²) in [5, 5.41) is 9.97. The number of nitrogens with one attached hydrogen (secondary N) is 1. The van der Waals surface area contributed by atoms with Crippen molar-refractivity contribution in [1.82, 2.24) is 15.0 Å². The molecule has 8 heteroatoms. The third-order valence-electron chi connectivity index (χ3n) is 5.28. The molecule has 0 saturated carbocycles.